The molecule has 0 aliphatic carbocycles. The lowest BCUT2D eigenvalue weighted by atomic mass is 10.2. The summed E-state index contributed by atoms with van der Waals surface area (Å²) in [7, 11) is -2.27. The van der Waals surface area contributed by atoms with Crippen LogP contribution in [-0.4, -0.2) is 61.7 Å². The van der Waals surface area contributed by atoms with Crippen molar-refractivity contribution in [2.24, 2.45) is 0 Å². The molecule has 4 rings (SSSR count). The van der Waals surface area contributed by atoms with Gasteiger partial charge in [0.05, 0.1) is 16.2 Å². The highest BCUT2D eigenvalue weighted by molar-refractivity contribution is 7.92. The zero-order valence-electron chi connectivity index (χ0n) is 19.8. The number of thiazole rings is 1. The van der Waals surface area contributed by atoms with E-state index >= 15 is 0 Å². The Kier molecular flexibility index (Phi) is 9.57. The number of carboxylic acids is 1. The van der Waals surface area contributed by atoms with Gasteiger partial charge >= 0.3 is 12.1 Å². The van der Waals surface area contributed by atoms with Gasteiger partial charge in [-0.05, 0) is 18.1 Å². The molecule has 0 bridgehead atoms. The molecular formula is C23H23ClF4N4O4S2. The fourth-order valence-electron chi connectivity index (χ4n) is 3.76. The van der Waals surface area contributed by atoms with E-state index in [0.29, 0.717) is 5.69 Å². The number of likely N-dealkylation sites (tertiary alicyclic amines) is 1. The van der Waals surface area contributed by atoms with Crippen molar-refractivity contribution in [2.45, 2.75) is 30.1 Å². The summed E-state index contributed by atoms with van der Waals surface area (Å²) in [6.45, 7) is 2.59. The van der Waals surface area contributed by atoms with E-state index in [1.807, 2.05) is 30.1 Å². The molecule has 1 atom stereocenters. The maximum atomic E-state index is 14.8. The van der Waals surface area contributed by atoms with Crippen LogP contribution in [0.4, 0.5) is 29.1 Å². The lowest BCUT2D eigenvalue weighted by Gasteiger charge is -2.28. The second-order valence-electron chi connectivity index (χ2n) is 8.29. The van der Waals surface area contributed by atoms with Gasteiger partial charge in [-0.2, -0.15) is 13.2 Å². The van der Waals surface area contributed by atoms with Gasteiger partial charge in [0, 0.05) is 44.2 Å². The van der Waals surface area contributed by atoms with Crippen LogP contribution in [0.1, 0.15) is 12.0 Å². The zero-order valence-corrected chi connectivity index (χ0v) is 22.2. The number of hydrogen-bond acceptors (Lipinski definition) is 7. The molecule has 3 aromatic rings. The van der Waals surface area contributed by atoms with E-state index in [-0.39, 0.29) is 16.9 Å². The number of likely N-dealkylation sites (N-methyl/N-ethyl adjacent to an activating group) is 1. The average Bonchev–Trinajstić information content (AvgIpc) is 3.52. The molecule has 0 amide bonds. The van der Waals surface area contributed by atoms with Crippen molar-refractivity contribution in [1.29, 1.82) is 0 Å². The number of sulfonamides is 1. The molecule has 1 aromatic heterocycles. The number of carbonyl (C=O) groups is 1. The van der Waals surface area contributed by atoms with Crippen LogP contribution in [0.3, 0.4) is 0 Å². The first-order chi connectivity index (χ1) is 17.8. The number of nitrogens with one attached hydrogen (secondary N) is 1. The highest BCUT2D eigenvalue weighted by Gasteiger charge is 2.38. The molecule has 0 radical (unpaired) electrons. The topological polar surface area (TPSA) is 103 Å². The number of benzene rings is 2. The van der Waals surface area contributed by atoms with Crippen molar-refractivity contribution >= 4 is 50.4 Å². The highest BCUT2D eigenvalue weighted by atomic mass is 35.5. The molecule has 0 saturated carbocycles. The van der Waals surface area contributed by atoms with Crippen molar-refractivity contribution in [3.63, 3.8) is 0 Å². The number of rotatable bonds is 7. The number of aromatic nitrogens is 1. The number of anilines is 2. The van der Waals surface area contributed by atoms with E-state index in [4.69, 9.17) is 21.5 Å². The van der Waals surface area contributed by atoms with Crippen LogP contribution in [0.2, 0.25) is 5.02 Å². The van der Waals surface area contributed by atoms with Crippen molar-refractivity contribution in [3.8, 4) is 0 Å². The maximum Gasteiger partial charge on any atom is 0.490 e. The summed E-state index contributed by atoms with van der Waals surface area (Å²) in [4.78, 5) is 16.5. The summed E-state index contributed by atoms with van der Waals surface area (Å²) in [5.74, 6) is -3.47. The van der Waals surface area contributed by atoms with Crippen LogP contribution in [0.15, 0.2) is 58.3 Å². The Morgan fingerprint density at radius 2 is 1.95 bits per heavy atom. The van der Waals surface area contributed by atoms with Crippen LogP contribution in [-0.2, 0) is 21.4 Å². The fourth-order valence-corrected chi connectivity index (χ4v) is 5.77. The van der Waals surface area contributed by atoms with E-state index in [9.17, 15) is 26.0 Å². The molecular weight excluding hydrogens is 572 g/mol. The van der Waals surface area contributed by atoms with Gasteiger partial charge in [0.15, 0.2) is 5.82 Å². The van der Waals surface area contributed by atoms with Gasteiger partial charge in [-0.1, -0.05) is 41.9 Å². The third-order valence-electron chi connectivity index (χ3n) is 5.63. The SMILES string of the molecule is CN(c1cc(F)c(S(=O)(=O)Nc2cscn2)cc1Cl)C1CCN(Cc2ccccc2)C1.O=C(O)C(F)(F)F. The van der Waals surface area contributed by atoms with Gasteiger partial charge in [-0.3, -0.25) is 9.62 Å². The quantitative estimate of drug-likeness (QED) is 0.368. The van der Waals surface area contributed by atoms with E-state index in [1.165, 1.54) is 33.9 Å². The maximum absolute atomic E-state index is 14.8. The Morgan fingerprint density at radius 3 is 2.53 bits per heavy atom. The number of alkyl halides is 3. The first-order valence-corrected chi connectivity index (χ1v) is 13.8. The van der Waals surface area contributed by atoms with Crippen LogP contribution >= 0.6 is 22.9 Å². The van der Waals surface area contributed by atoms with E-state index < -0.39 is 32.9 Å². The first-order valence-electron chi connectivity index (χ1n) is 11.0. The summed E-state index contributed by atoms with van der Waals surface area (Å²) in [6, 6.07) is 12.7. The van der Waals surface area contributed by atoms with Gasteiger partial charge in [0.1, 0.15) is 10.7 Å². The standard InChI is InChI=1S/C21H22ClFN4O2S2.C2HF3O2/c1-26(16-7-8-27(12-16)11-15-5-3-2-4-6-15)19-10-18(23)20(9-17(19)22)31(28,29)25-21-13-30-14-24-21;3-2(4,5)1(6)7/h2-6,9-10,13-14,16,25H,7-8,11-12H2,1H3;(H,6,7). The zero-order chi connectivity index (χ0) is 28.1. The molecule has 2 heterocycles. The number of carboxylic acid groups (broad SMARTS) is 1. The number of nitrogens with zero attached hydrogens (tertiary/aromatic N) is 3. The van der Waals surface area contributed by atoms with Gasteiger partial charge in [0.2, 0.25) is 0 Å². The summed E-state index contributed by atoms with van der Waals surface area (Å²) in [5, 5.41) is 8.84. The lowest BCUT2D eigenvalue weighted by Crippen LogP contribution is -2.34. The van der Waals surface area contributed by atoms with E-state index in [2.05, 4.69) is 26.7 Å². The molecule has 2 N–H and O–H groups in total. The Labute approximate surface area is 225 Å². The van der Waals surface area contributed by atoms with Gasteiger partial charge in [0.25, 0.3) is 10.0 Å². The van der Waals surface area contributed by atoms with Crippen LogP contribution in [0.5, 0.6) is 0 Å². The third-order valence-corrected chi connectivity index (χ3v) is 7.89. The minimum absolute atomic E-state index is 0.145. The Balaban J connectivity index is 0.000000505. The second kappa shape index (κ2) is 12.3. The van der Waals surface area contributed by atoms with Crippen molar-refractivity contribution in [2.75, 3.05) is 29.8 Å². The van der Waals surface area contributed by atoms with Gasteiger partial charge < -0.3 is 10.0 Å². The molecule has 1 unspecified atom stereocenters. The number of aliphatic carboxylic acids is 1. The Hall–Kier alpha value is -2.94. The summed E-state index contributed by atoms with van der Waals surface area (Å²) in [6.07, 6.45) is -4.17. The lowest BCUT2D eigenvalue weighted by molar-refractivity contribution is -0.192. The number of halogens is 5. The third kappa shape index (κ3) is 7.79. The molecule has 1 saturated heterocycles. The van der Waals surface area contributed by atoms with E-state index in [0.717, 1.165) is 32.1 Å². The Morgan fingerprint density at radius 1 is 1.29 bits per heavy atom. The molecule has 0 spiro atoms. The molecule has 15 heteroatoms. The van der Waals surface area contributed by atoms with Crippen molar-refractivity contribution < 1.29 is 35.9 Å². The molecule has 8 nitrogen and oxygen atoms in total. The smallest absolute Gasteiger partial charge is 0.475 e. The minimum atomic E-state index is -5.08. The molecule has 206 valence electrons. The van der Waals surface area contributed by atoms with Crippen molar-refractivity contribution in [1.82, 2.24) is 9.88 Å². The van der Waals surface area contributed by atoms with E-state index in [1.54, 1.807) is 0 Å². The van der Waals surface area contributed by atoms with Crippen LogP contribution in [0, 0.1) is 5.82 Å². The van der Waals surface area contributed by atoms with Crippen LogP contribution < -0.4 is 9.62 Å². The summed E-state index contributed by atoms with van der Waals surface area (Å²) < 4.78 is 74.0. The molecule has 1 aliphatic heterocycles. The van der Waals surface area contributed by atoms with Crippen molar-refractivity contribution in [3.05, 3.63) is 69.8 Å². The van der Waals surface area contributed by atoms with Crippen LogP contribution in [0.25, 0.3) is 0 Å². The fraction of sp³-hybridized carbons (Fsp3) is 0.304. The summed E-state index contributed by atoms with van der Waals surface area (Å²) in [5.41, 5.74) is 3.21. The normalized spacial score (nSPS) is 16.0. The highest BCUT2D eigenvalue weighted by Crippen LogP contribution is 2.33. The monoisotopic (exact) mass is 594 g/mol. The molecule has 1 fully saturated rings. The predicted octanol–water partition coefficient (Wildman–Crippen LogP) is 5.08. The largest absolute Gasteiger partial charge is 0.490 e. The first kappa shape index (κ1) is 29.6. The molecule has 2 aromatic carbocycles. The van der Waals surface area contributed by atoms with Gasteiger partial charge in [-0.25, -0.2) is 22.6 Å². The minimum Gasteiger partial charge on any atom is -0.475 e. The molecule has 38 heavy (non-hydrogen) atoms. The molecule has 1 aliphatic rings. The summed E-state index contributed by atoms with van der Waals surface area (Å²) >= 11 is 7.64. The average molecular weight is 595 g/mol. The Bertz CT molecular complexity index is 1340. The van der Waals surface area contributed by atoms with Gasteiger partial charge in [-0.15, -0.1) is 11.3 Å². The predicted molar refractivity (Wildman–Crippen MR) is 137 cm³/mol. The second-order valence-corrected chi connectivity index (χ2v) is 11.1. The number of hydrogen-bond donors (Lipinski definition) is 2.